The molecule has 0 amide bonds. The average Bonchev–Trinajstić information content (AvgIpc) is 2.72. The highest BCUT2D eigenvalue weighted by molar-refractivity contribution is 7.16. The minimum atomic E-state index is 0.245. The van der Waals surface area contributed by atoms with Crippen LogP contribution in [0.1, 0.15) is 22.9 Å². The van der Waals surface area contributed by atoms with Crippen LogP contribution in [0, 0.1) is 13.8 Å². The smallest absolute Gasteiger partial charge is 0.128 e. The molecule has 0 radical (unpaired) electrons. The summed E-state index contributed by atoms with van der Waals surface area (Å²) >= 11 is 1.70. The number of aromatic hydroxyl groups is 1. The minimum absolute atomic E-state index is 0.245. The summed E-state index contributed by atoms with van der Waals surface area (Å²) in [7, 11) is 0. The fourth-order valence-electron chi connectivity index (χ4n) is 2.35. The average molecular weight is 299 g/mol. The maximum absolute atomic E-state index is 9.35. The molecule has 21 heavy (non-hydrogen) atoms. The normalized spacial score (nSPS) is 14.0. The Bertz CT molecular complexity index is 744. The van der Waals surface area contributed by atoms with Gasteiger partial charge < -0.3 is 5.11 Å². The number of fused-ring (bicyclic) bond motifs is 1. The lowest BCUT2D eigenvalue weighted by molar-refractivity contribution is 0.475. The van der Waals surface area contributed by atoms with Crippen molar-refractivity contribution in [2.45, 2.75) is 20.8 Å². The molecule has 0 spiro atoms. The predicted molar refractivity (Wildman–Crippen MR) is 89.2 cm³/mol. The molecule has 0 saturated carbocycles. The molecular weight excluding hydrogens is 282 g/mol. The van der Waals surface area contributed by atoms with Crippen molar-refractivity contribution in [3.63, 3.8) is 0 Å². The Hall–Kier alpha value is -2.27. The van der Waals surface area contributed by atoms with Crippen molar-refractivity contribution >= 4 is 33.6 Å². The van der Waals surface area contributed by atoms with Crippen molar-refractivity contribution < 1.29 is 5.11 Å². The molecule has 0 unspecified atom stereocenters. The second-order valence-electron chi connectivity index (χ2n) is 5.06. The molecule has 5 heteroatoms. The number of rotatable bonds is 2. The van der Waals surface area contributed by atoms with Gasteiger partial charge in [0.1, 0.15) is 16.6 Å². The van der Waals surface area contributed by atoms with Crippen LogP contribution in [0.25, 0.3) is 5.70 Å². The highest BCUT2D eigenvalue weighted by Gasteiger charge is 2.25. The molecule has 1 aliphatic heterocycles. The first kappa shape index (κ1) is 13.7. The summed E-state index contributed by atoms with van der Waals surface area (Å²) in [5.74, 6) is 1.09. The topological polar surface area (TPSA) is 47.9 Å². The van der Waals surface area contributed by atoms with Gasteiger partial charge in [0.2, 0.25) is 0 Å². The Morgan fingerprint density at radius 3 is 2.52 bits per heavy atom. The van der Waals surface area contributed by atoms with Crippen LogP contribution in [0.2, 0.25) is 0 Å². The van der Waals surface area contributed by atoms with Crippen molar-refractivity contribution in [2.75, 3.05) is 5.43 Å². The molecule has 0 fully saturated rings. The monoisotopic (exact) mass is 299 g/mol. The van der Waals surface area contributed by atoms with E-state index in [1.165, 1.54) is 10.4 Å². The number of benzene rings is 1. The van der Waals surface area contributed by atoms with E-state index in [0.717, 1.165) is 27.8 Å². The van der Waals surface area contributed by atoms with Crippen molar-refractivity contribution in [2.24, 2.45) is 4.99 Å². The van der Waals surface area contributed by atoms with Crippen molar-refractivity contribution in [1.29, 1.82) is 0 Å². The van der Waals surface area contributed by atoms with Crippen LogP contribution in [-0.2, 0) is 0 Å². The standard InChI is InChI=1S/C16H17N3OS/c1-9-11(3)21-16-15(9)10(2)19(12(4)17-16)18-13-5-7-14(20)8-6-13/h5-8,18,20H,2H2,1,3-4H3. The molecule has 0 atom stereocenters. The zero-order chi connectivity index (χ0) is 15.1. The molecule has 0 aliphatic carbocycles. The van der Waals surface area contributed by atoms with Gasteiger partial charge in [-0.15, -0.1) is 11.3 Å². The molecule has 2 aromatic rings. The molecule has 1 aromatic carbocycles. The Kier molecular flexibility index (Phi) is 3.22. The second kappa shape index (κ2) is 4.93. The summed E-state index contributed by atoms with van der Waals surface area (Å²) in [6.45, 7) is 10.4. The van der Waals surface area contributed by atoms with Gasteiger partial charge in [0.25, 0.3) is 0 Å². The number of phenols is 1. The fourth-order valence-corrected chi connectivity index (χ4v) is 3.44. The number of anilines is 1. The maximum atomic E-state index is 9.35. The van der Waals surface area contributed by atoms with Gasteiger partial charge in [-0.05, 0) is 50.6 Å². The highest BCUT2D eigenvalue weighted by Crippen LogP contribution is 2.42. The van der Waals surface area contributed by atoms with Gasteiger partial charge in [-0.1, -0.05) is 6.58 Å². The molecule has 0 saturated heterocycles. The van der Waals surface area contributed by atoms with E-state index in [4.69, 9.17) is 0 Å². The molecule has 1 aromatic heterocycles. The Labute approximate surface area is 128 Å². The van der Waals surface area contributed by atoms with Crippen molar-refractivity contribution in [3.8, 4) is 5.75 Å². The molecule has 108 valence electrons. The van der Waals surface area contributed by atoms with Gasteiger partial charge in [-0.25, -0.2) is 10.0 Å². The number of aryl methyl sites for hydroxylation is 1. The van der Waals surface area contributed by atoms with Crippen LogP contribution in [0.15, 0.2) is 35.8 Å². The van der Waals surface area contributed by atoms with Crippen LogP contribution in [-0.4, -0.2) is 16.0 Å². The first-order chi connectivity index (χ1) is 9.97. The first-order valence-corrected chi connectivity index (χ1v) is 7.49. The molecule has 4 nitrogen and oxygen atoms in total. The first-order valence-electron chi connectivity index (χ1n) is 6.67. The minimum Gasteiger partial charge on any atom is -0.508 e. The predicted octanol–water partition coefficient (Wildman–Crippen LogP) is 4.43. The molecule has 1 aliphatic rings. The summed E-state index contributed by atoms with van der Waals surface area (Å²) in [6.07, 6.45) is 0. The summed E-state index contributed by atoms with van der Waals surface area (Å²) < 4.78 is 0. The van der Waals surface area contributed by atoms with E-state index in [2.05, 4.69) is 30.8 Å². The lowest BCUT2D eigenvalue weighted by Crippen LogP contribution is -2.34. The Morgan fingerprint density at radius 1 is 1.19 bits per heavy atom. The van der Waals surface area contributed by atoms with E-state index in [-0.39, 0.29) is 5.75 Å². The van der Waals surface area contributed by atoms with E-state index in [1.807, 2.05) is 24.1 Å². The highest BCUT2D eigenvalue weighted by atomic mass is 32.1. The summed E-state index contributed by atoms with van der Waals surface area (Å²) in [6, 6.07) is 6.92. The van der Waals surface area contributed by atoms with Crippen molar-refractivity contribution in [3.05, 3.63) is 46.8 Å². The molecule has 3 rings (SSSR count). The number of amidine groups is 1. The number of hydrazine groups is 1. The van der Waals surface area contributed by atoms with E-state index in [0.29, 0.717) is 0 Å². The zero-order valence-corrected chi connectivity index (χ0v) is 13.1. The second-order valence-corrected chi connectivity index (χ2v) is 6.27. The number of nitrogens with zero attached hydrogens (tertiary/aromatic N) is 2. The van der Waals surface area contributed by atoms with Crippen LogP contribution in [0.5, 0.6) is 5.75 Å². The molecule has 0 bridgehead atoms. The third-order valence-corrected chi connectivity index (χ3v) is 4.72. The van der Waals surface area contributed by atoms with Crippen LogP contribution in [0.3, 0.4) is 0 Å². The SMILES string of the molecule is C=C1c2c(sc(C)c2C)N=C(C)N1Nc1ccc(O)cc1. The quantitative estimate of drug-likeness (QED) is 0.806. The summed E-state index contributed by atoms with van der Waals surface area (Å²) in [5.41, 5.74) is 7.39. The van der Waals surface area contributed by atoms with Gasteiger partial charge in [0.05, 0.1) is 11.4 Å². The van der Waals surface area contributed by atoms with Gasteiger partial charge >= 0.3 is 0 Å². The fraction of sp³-hybridized carbons (Fsp3) is 0.188. The largest absolute Gasteiger partial charge is 0.508 e. The number of thiophene rings is 1. The Morgan fingerprint density at radius 2 is 1.86 bits per heavy atom. The number of hydrogen-bond acceptors (Lipinski definition) is 5. The van der Waals surface area contributed by atoms with E-state index in [9.17, 15) is 5.11 Å². The number of hydrogen-bond donors (Lipinski definition) is 2. The lowest BCUT2D eigenvalue weighted by atomic mass is 10.1. The number of phenolic OH excluding ortho intramolecular Hbond substituents is 1. The lowest BCUT2D eigenvalue weighted by Gasteiger charge is -2.30. The molecule has 2 N–H and O–H groups in total. The number of aliphatic imine (C=N–C) groups is 1. The summed E-state index contributed by atoms with van der Waals surface area (Å²) in [4.78, 5) is 5.93. The third kappa shape index (κ3) is 2.29. The van der Waals surface area contributed by atoms with Gasteiger partial charge in [-0.3, -0.25) is 5.43 Å². The molecule has 2 heterocycles. The van der Waals surface area contributed by atoms with Crippen molar-refractivity contribution in [1.82, 2.24) is 5.01 Å². The van der Waals surface area contributed by atoms with Crippen LogP contribution >= 0.6 is 11.3 Å². The molecular formula is C16H17N3OS. The number of nitrogens with one attached hydrogen (secondary N) is 1. The van der Waals surface area contributed by atoms with Gasteiger partial charge in [0.15, 0.2) is 0 Å². The van der Waals surface area contributed by atoms with Gasteiger partial charge in [0, 0.05) is 10.4 Å². The van der Waals surface area contributed by atoms with Gasteiger partial charge in [-0.2, -0.15) is 0 Å². The van der Waals surface area contributed by atoms with E-state index >= 15 is 0 Å². The van der Waals surface area contributed by atoms with Crippen LogP contribution < -0.4 is 5.43 Å². The zero-order valence-electron chi connectivity index (χ0n) is 12.3. The summed E-state index contributed by atoms with van der Waals surface area (Å²) in [5, 5.41) is 12.3. The maximum Gasteiger partial charge on any atom is 0.128 e. The van der Waals surface area contributed by atoms with E-state index < -0.39 is 0 Å². The Balaban J connectivity index is 1.96. The third-order valence-electron chi connectivity index (χ3n) is 3.62. The van der Waals surface area contributed by atoms with Crippen LogP contribution in [0.4, 0.5) is 10.7 Å². The van der Waals surface area contributed by atoms with E-state index in [1.54, 1.807) is 23.5 Å².